The van der Waals surface area contributed by atoms with Gasteiger partial charge in [-0.15, -0.1) is 11.3 Å². The Labute approximate surface area is 143 Å². The number of halogens is 1. The summed E-state index contributed by atoms with van der Waals surface area (Å²) in [4.78, 5) is 13.8. The van der Waals surface area contributed by atoms with E-state index in [-0.39, 0.29) is 11.7 Å². The van der Waals surface area contributed by atoms with Crippen LogP contribution in [-0.2, 0) is 0 Å². The van der Waals surface area contributed by atoms with E-state index in [0.717, 1.165) is 34.7 Å². The van der Waals surface area contributed by atoms with E-state index in [1.807, 2.05) is 19.9 Å². The summed E-state index contributed by atoms with van der Waals surface area (Å²) in [7, 11) is 0. The lowest BCUT2D eigenvalue weighted by Crippen LogP contribution is -2.31. The fourth-order valence-corrected chi connectivity index (χ4v) is 3.54. The van der Waals surface area contributed by atoms with Crippen LogP contribution >= 0.6 is 11.3 Å². The third kappa shape index (κ3) is 3.32. The first kappa shape index (κ1) is 16.6. The number of benzene rings is 1. The summed E-state index contributed by atoms with van der Waals surface area (Å²) in [6, 6.07) is 8.03. The van der Waals surface area contributed by atoms with Crippen molar-refractivity contribution < 1.29 is 9.18 Å². The van der Waals surface area contributed by atoms with Gasteiger partial charge in [0.2, 0.25) is 0 Å². The maximum absolute atomic E-state index is 13.1. The number of hydrogen-bond donors (Lipinski definition) is 2. The van der Waals surface area contributed by atoms with Crippen LogP contribution in [0.4, 0.5) is 4.39 Å². The quantitative estimate of drug-likeness (QED) is 0.675. The molecule has 0 fully saturated rings. The molecule has 0 radical (unpaired) electrons. The molecule has 0 aliphatic heterocycles. The van der Waals surface area contributed by atoms with Crippen molar-refractivity contribution in [2.24, 2.45) is 0 Å². The van der Waals surface area contributed by atoms with Crippen LogP contribution in [0, 0.1) is 12.7 Å². The van der Waals surface area contributed by atoms with Crippen LogP contribution < -0.4 is 10.6 Å². The lowest BCUT2D eigenvalue weighted by Gasteiger charge is -2.04. The fraction of sp³-hybridized carbons (Fsp3) is 0.294. The molecule has 0 atom stereocenters. The lowest BCUT2D eigenvalue weighted by molar-refractivity contribution is 0.0958. The Balaban J connectivity index is 1.87. The highest BCUT2D eigenvalue weighted by atomic mass is 32.1. The maximum Gasteiger partial charge on any atom is 0.261 e. The maximum atomic E-state index is 13.1. The Morgan fingerprint density at radius 1 is 1.29 bits per heavy atom. The van der Waals surface area contributed by atoms with Gasteiger partial charge < -0.3 is 10.6 Å². The molecule has 24 heavy (non-hydrogen) atoms. The minimum atomic E-state index is -0.286. The van der Waals surface area contributed by atoms with E-state index in [2.05, 4.69) is 15.7 Å². The molecule has 0 spiro atoms. The Bertz CT molecular complexity index is 853. The molecule has 0 bridgehead atoms. The summed E-state index contributed by atoms with van der Waals surface area (Å²) >= 11 is 1.39. The average molecular weight is 346 g/mol. The molecule has 2 aromatic heterocycles. The van der Waals surface area contributed by atoms with Crippen molar-refractivity contribution in [1.29, 1.82) is 0 Å². The number of hydrogen-bond acceptors (Lipinski definition) is 4. The van der Waals surface area contributed by atoms with Crippen molar-refractivity contribution in [3.05, 3.63) is 46.7 Å². The smallest absolute Gasteiger partial charge is 0.261 e. The number of aromatic nitrogens is 2. The Morgan fingerprint density at radius 3 is 2.75 bits per heavy atom. The molecule has 7 heteroatoms. The SMILES string of the molecule is CCNCCNC(=O)c1cc2c(C)nn(-c3ccc(F)cc3)c2s1. The normalized spacial score (nSPS) is 11.1. The molecule has 0 saturated heterocycles. The van der Waals surface area contributed by atoms with Crippen LogP contribution in [-0.4, -0.2) is 35.3 Å². The van der Waals surface area contributed by atoms with E-state index in [4.69, 9.17) is 0 Å². The van der Waals surface area contributed by atoms with Gasteiger partial charge in [-0.2, -0.15) is 5.10 Å². The molecule has 0 unspecified atom stereocenters. The predicted molar refractivity (Wildman–Crippen MR) is 94.5 cm³/mol. The second-order valence-electron chi connectivity index (χ2n) is 5.41. The zero-order chi connectivity index (χ0) is 17.1. The summed E-state index contributed by atoms with van der Waals surface area (Å²) < 4.78 is 14.9. The van der Waals surface area contributed by atoms with E-state index >= 15 is 0 Å². The van der Waals surface area contributed by atoms with Crippen LogP contribution in [0.1, 0.15) is 22.3 Å². The van der Waals surface area contributed by atoms with Gasteiger partial charge in [-0.1, -0.05) is 6.92 Å². The van der Waals surface area contributed by atoms with E-state index < -0.39 is 0 Å². The van der Waals surface area contributed by atoms with Crippen molar-refractivity contribution in [3.8, 4) is 5.69 Å². The van der Waals surface area contributed by atoms with Crippen molar-refractivity contribution in [1.82, 2.24) is 20.4 Å². The first-order valence-corrected chi connectivity index (χ1v) is 8.66. The Morgan fingerprint density at radius 2 is 2.04 bits per heavy atom. The van der Waals surface area contributed by atoms with Gasteiger partial charge in [0.25, 0.3) is 5.91 Å². The van der Waals surface area contributed by atoms with Gasteiger partial charge in [-0.25, -0.2) is 9.07 Å². The molecule has 126 valence electrons. The van der Waals surface area contributed by atoms with E-state index in [1.54, 1.807) is 16.8 Å². The summed E-state index contributed by atoms with van der Waals surface area (Å²) in [6.45, 7) is 6.14. The van der Waals surface area contributed by atoms with Crippen LogP contribution in [0.3, 0.4) is 0 Å². The summed E-state index contributed by atoms with van der Waals surface area (Å²) in [6.07, 6.45) is 0. The van der Waals surface area contributed by atoms with Crippen LogP contribution in [0.25, 0.3) is 15.9 Å². The minimum absolute atomic E-state index is 0.0841. The molecule has 0 aliphatic rings. The number of amides is 1. The van der Waals surface area contributed by atoms with Crippen LogP contribution in [0.5, 0.6) is 0 Å². The molecular weight excluding hydrogens is 327 g/mol. The summed E-state index contributed by atoms with van der Waals surface area (Å²) in [5.41, 5.74) is 1.62. The topological polar surface area (TPSA) is 58.9 Å². The highest BCUT2D eigenvalue weighted by molar-refractivity contribution is 7.20. The fourth-order valence-electron chi connectivity index (χ4n) is 2.44. The molecular formula is C17H19FN4OS. The van der Waals surface area contributed by atoms with Gasteiger partial charge in [0.1, 0.15) is 10.6 Å². The van der Waals surface area contributed by atoms with Gasteiger partial charge >= 0.3 is 0 Å². The first-order valence-electron chi connectivity index (χ1n) is 7.84. The van der Waals surface area contributed by atoms with Gasteiger partial charge in [-0.05, 0) is 43.8 Å². The number of likely N-dealkylation sites (N-methyl/N-ethyl adjacent to an activating group) is 1. The molecule has 5 nitrogen and oxygen atoms in total. The van der Waals surface area contributed by atoms with E-state index in [9.17, 15) is 9.18 Å². The summed E-state index contributed by atoms with van der Waals surface area (Å²) in [5, 5.41) is 11.5. The number of carbonyl (C=O) groups excluding carboxylic acids is 1. The second-order valence-corrected chi connectivity index (χ2v) is 6.44. The molecule has 2 N–H and O–H groups in total. The van der Waals surface area contributed by atoms with E-state index in [0.29, 0.717) is 11.4 Å². The number of nitrogens with one attached hydrogen (secondary N) is 2. The van der Waals surface area contributed by atoms with Crippen LogP contribution in [0.15, 0.2) is 30.3 Å². The van der Waals surface area contributed by atoms with Gasteiger partial charge in [0, 0.05) is 18.5 Å². The molecule has 3 aromatic rings. The zero-order valence-corrected chi connectivity index (χ0v) is 14.4. The monoisotopic (exact) mass is 346 g/mol. The number of aryl methyl sites for hydroxylation is 1. The van der Waals surface area contributed by atoms with E-state index in [1.165, 1.54) is 23.5 Å². The van der Waals surface area contributed by atoms with Crippen molar-refractivity contribution >= 4 is 27.5 Å². The lowest BCUT2D eigenvalue weighted by atomic mass is 10.3. The molecule has 1 aromatic carbocycles. The number of thiophene rings is 1. The van der Waals surface area contributed by atoms with Crippen molar-refractivity contribution in [2.75, 3.05) is 19.6 Å². The largest absolute Gasteiger partial charge is 0.350 e. The summed E-state index contributed by atoms with van der Waals surface area (Å²) in [5.74, 6) is -0.370. The zero-order valence-electron chi connectivity index (χ0n) is 13.6. The second kappa shape index (κ2) is 7.11. The van der Waals surface area contributed by atoms with Gasteiger partial charge in [0.15, 0.2) is 0 Å². The number of fused-ring (bicyclic) bond motifs is 1. The van der Waals surface area contributed by atoms with Gasteiger partial charge in [0.05, 0.1) is 16.3 Å². The van der Waals surface area contributed by atoms with Crippen molar-refractivity contribution in [3.63, 3.8) is 0 Å². The highest BCUT2D eigenvalue weighted by Crippen LogP contribution is 2.30. The standard InChI is InChI=1S/C17H19FN4OS/c1-3-19-8-9-20-16(23)15-10-14-11(2)21-22(17(14)24-15)13-6-4-12(18)5-7-13/h4-7,10,19H,3,8-9H2,1-2H3,(H,20,23). The highest BCUT2D eigenvalue weighted by Gasteiger charge is 2.16. The predicted octanol–water partition coefficient (Wildman–Crippen LogP) is 2.87. The number of rotatable bonds is 6. The Hall–Kier alpha value is -2.25. The third-order valence-electron chi connectivity index (χ3n) is 3.68. The number of nitrogens with zero attached hydrogens (tertiary/aromatic N) is 2. The van der Waals surface area contributed by atoms with Gasteiger partial charge in [-0.3, -0.25) is 4.79 Å². The minimum Gasteiger partial charge on any atom is -0.350 e. The Kier molecular flexibility index (Phi) is 4.92. The average Bonchev–Trinajstić information content (AvgIpc) is 3.13. The first-order chi connectivity index (χ1) is 11.6. The third-order valence-corrected chi connectivity index (χ3v) is 4.79. The number of carbonyl (C=O) groups is 1. The molecule has 1 amide bonds. The molecule has 2 heterocycles. The van der Waals surface area contributed by atoms with Crippen molar-refractivity contribution in [2.45, 2.75) is 13.8 Å². The van der Waals surface area contributed by atoms with Crippen LogP contribution in [0.2, 0.25) is 0 Å². The molecule has 0 aliphatic carbocycles. The molecule has 3 rings (SSSR count). The molecule has 0 saturated carbocycles.